The van der Waals surface area contributed by atoms with E-state index in [0.717, 1.165) is 0 Å². The summed E-state index contributed by atoms with van der Waals surface area (Å²) >= 11 is 6.44. The molecule has 106 valence electrons. The Balaban J connectivity index is 2.43. The minimum Gasteiger partial charge on any atom is -0.493 e. The molecule has 7 heteroatoms. The molecule has 0 spiro atoms. The van der Waals surface area contributed by atoms with E-state index in [2.05, 4.69) is 31.9 Å². The molecule has 0 atom stereocenters. The van der Waals surface area contributed by atoms with Crippen molar-refractivity contribution in [1.29, 1.82) is 0 Å². The van der Waals surface area contributed by atoms with Gasteiger partial charge in [0.1, 0.15) is 4.90 Å². The van der Waals surface area contributed by atoms with Gasteiger partial charge in [-0.1, -0.05) is 28.1 Å². The Morgan fingerprint density at radius 2 is 1.65 bits per heavy atom. The lowest BCUT2D eigenvalue weighted by Crippen LogP contribution is -2.11. The minimum absolute atomic E-state index is 0.0396. The third-order valence-corrected chi connectivity index (χ3v) is 5.15. The van der Waals surface area contributed by atoms with Gasteiger partial charge in [0, 0.05) is 8.95 Å². The third-order valence-electron chi connectivity index (χ3n) is 2.43. The zero-order valence-electron chi connectivity index (χ0n) is 10.3. The molecule has 0 aliphatic heterocycles. The molecule has 2 aromatic rings. The maximum Gasteiger partial charge on any atom is 0.340 e. The summed E-state index contributed by atoms with van der Waals surface area (Å²) in [6.45, 7) is 0. The number of rotatable bonds is 4. The van der Waals surface area contributed by atoms with Crippen LogP contribution in [0.1, 0.15) is 0 Å². The van der Waals surface area contributed by atoms with E-state index < -0.39 is 10.1 Å². The first kappa shape index (κ1) is 15.3. The quantitative estimate of drug-likeness (QED) is 0.700. The van der Waals surface area contributed by atoms with E-state index in [0.29, 0.717) is 14.7 Å². The van der Waals surface area contributed by atoms with Crippen molar-refractivity contribution in [1.82, 2.24) is 0 Å². The Hall–Kier alpha value is -1.05. The molecule has 20 heavy (non-hydrogen) atoms. The summed E-state index contributed by atoms with van der Waals surface area (Å²) in [7, 11) is -2.51. The second-order valence-electron chi connectivity index (χ2n) is 3.76. The van der Waals surface area contributed by atoms with Gasteiger partial charge < -0.3 is 8.92 Å². The van der Waals surface area contributed by atoms with Crippen molar-refractivity contribution in [2.24, 2.45) is 0 Å². The number of hydrogen-bond donors (Lipinski definition) is 0. The summed E-state index contributed by atoms with van der Waals surface area (Å²) in [5, 5.41) is 0. The number of benzene rings is 2. The summed E-state index contributed by atoms with van der Waals surface area (Å²) < 4.78 is 35.9. The highest BCUT2D eigenvalue weighted by Gasteiger charge is 2.22. The molecule has 0 N–H and O–H groups in total. The molecule has 0 bridgehead atoms. The van der Waals surface area contributed by atoms with Crippen LogP contribution in [-0.4, -0.2) is 15.5 Å². The van der Waals surface area contributed by atoms with Crippen LogP contribution in [0.5, 0.6) is 11.5 Å². The van der Waals surface area contributed by atoms with Crippen LogP contribution in [0.15, 0.2) is 56.3 Å². The zero-order chi connectivity index (χ0) is 14.8. The summed E-state index contributed by atoms with van der Waals surface area (Å²) in [5.74, 6) is 0.490. The fourth-order valence-corrected chi connectivity index (χ4v) is 3.92. The molecule has 2 aromatic carbocycles. The van der Waals surface area contributed by atoms with Gasteiger partial charge in [-0.2, -0.15) is 8.42 Å². The van der Waals surface area contributed by atoms with E-state index in [9.17, 15) is 8.42 Å². The van der Waals surface area contributed by atoms with Crippen molar-refractivity contribution in [2.45, 2.75) is 4.90 Å². The van der Waals surface area contributed by atoms with Gasteiger partial charge in [0.25, 0.3) is 0 Å². The SMILES string of the molecule is COc1ccccc1OS(=O)(=O)c1cc(Br)ccc1Br. The Morgan fingerprint density at radius 3 is 2.30 bits per heavy atom. The largest absolute Gasteiger partial charge is 0.493 e. The lowest BCUT2D eigenvalue weighted by Gasteiger charge is -2.11. The third kappa shape index (κ3) is 3.34. The number of hydrogen-bond acceptors (Lipinski definition) is 4. The predicted octanol–water partition coefficient (Wildman–Crippen LogP) is 3.99. The van der Waals surface area contributed by atoms with Crippen LogP contribution < -0.4 is 8.92 Å². The van der Waals surface area contributed by atoms with Crippen LogP contribution in [0.25, 0.3) is 0 Å². The van der Waals surface area contributed by atoms with Crippen LogP contribution >= 0.6 is 31.9 Å². The average molecular weight is 422 g/mol. The monoisotopic (exact) mass is 420 g/mol. The van der Waals surface area contributed by atoms with E-state index in [1.54, 1.807) is 30.3 Å². The highest BCUT2D eigenvalue weighted by atomic mass is 79.9. The summed E-state index contributed by atoms with van der Waals surface area (Å²) in [5.41, 5.74) is 0. The minimum atomic E-state index is -3.96. The van der Waals surface area contributed by atoms with Crippen molar-refractivity contribution in [3.63, 3.8) is 0 Å². The van der Waals surface area contributed by atoms with Crippen LogP contribution in [0.2, 0.25) is 0 Å². The van der Waals surface area contributed by atoms with Crippen LogP contribution in [0.4, 0.5) is 0 Å². The van der Waals surface area contributed by atoms with Gasteiger partial charge in [0.15, 0.2) is 11.5 Å². The van der Waals surface area contributed by atoms with Gasteiger partial charge in [-0.15, -0.1) is 0 Å². The molecular formula is C13H10Br2O4S. The maximum absolute atomic E-state index is 12.3. The number of halogens is 2. The van der Waals surface area contributed by atoms with Gasteiger partial charge in [0.05, 0.1) is 7.11 Å². The smallest absolute Gasteiger partial charge is 0.340 e. The second kappa shape index (κ2) is 6.15. The normalized spacial score (nSPS) is 11.2. The molecule has 0 saturated heterocycles. The van der Waals surface area contributed by atoms with Gasteiger partial charge >= 0.3 is 10.1 Å². The van der Waals surface area contributed by atoms with Crippen molar-refractivity contribution >= 4 is 42.0 Å². The van der Waals surface area contributed by atoms with Gasteiger partial charge in [-0.05, 0) is 46.3 Å². The van der Waals surface area contributed by atoms with Crippen LogP contribution in [-0.2, 0) is 10.1 Å². The van der Waals surface area contributed by atoms with E-state index in [-0.39, 0.29) is 10.6 Å². The van der Waals surface area contributed by atoms with E-state index >= 15 is 0 Å². The molecule has 0 amide bonds. The van der Waals surface area contributed by atoms with Gasteiger partial charge in [-0.3, -0.25) is 0 Å². The zero-order valence-corrected chi connectivity index (χ0v) is 14.3. The van der Waals surface area contributed by atoms with Gasteiger partial charge in [0.2, 0.25) is 0 Å². The predicted molar refractivity (Wildman–Crippen MR) is 82.6 cm³/mol. The molecular weight excluding hydrogens is 412 g/mol. The molecule has 0 saturated carbocycles. The lowest BCUT2D eigenvalue weighted by atomic mass is 10.3. The van der Waals surface area contributed by atoms with E-state index in [1.165, 1.54) is 19.2 Å². The number of para-hydroxylation sites is 2. The molecule has 2 rings (SSSR count). The summed E-state index contributed by atoms with van der Waals surface area (Å²) in [6, 6.07) is 11.4. The first-order valence-corrected chi connectivity index (χ1v) is 8.46. The highest BCUT2D eigenvalue weighted by molar-refractivity contribution is 9.11. The first-order chi connectivity index (χ1) is 9.44. The van der Waals surface area contributed by atoms with Crippen LogP contribution in [0.3, 0.4) is 0 Å². The molecule has 0 aliphatic carbocycles. The second-order valence-corrected chi connectivity index (χ2v) is 7.05. The molecule has 4 nitrogen and oxygen atoms in total. The fraction of sp³-hybridized carbons (Fsp3) is 0.0769. The molecule has 0 radical (unpaired) electrons. The number of ether oxygens (including phenoxy) is 1. The number of methoxy groups -OCH3 is 1. The Kier molecular flexibility index (Phi) is 4.72. The van der Waals surface area contributed by atoms with Crippen molar-refractivity contribution < 1.29 is 17.3 Å². The summed E-state index contributed by atoms with van der Waals surface area (Å²) in [4.78, 5) is 0.0396. The standard InChI is InChI=1S/C13H10Br2O4S/c1-18-11-4-2-3-5-12(11)19-20(16,17)13-8-9(14)6-7-10(13)15/h2-8H,1H3. The van der Waals surface area contributed by atoms with Gasteiger partial charge in [-0.25, -0.2) is 0 Å². The molecule has 0 fully saturated rings. The first-order valence-electron chi connectivity index (χ1n) is 5.46. The Labute approximate surface area is 134 Å². The topological polar surface area (TPSA) is 52.6 Å². The Morgan fingerprint density at radius 1 is 1.00 bits per heavy atom. The fourth-order valence-electron chi connectivity index (χ4n) is 1.52. The average Bonchev–Trinajstić information content (AvgIpc) is 2.41. The molecule has 0 aromatic heterocycles. The highest BCUT2D eigenvalue weighted by Crippen LogP contribution is 2.32. The Bertz CT molecular complexity index is 729. The van der Waals surface area contributed by atoms with Crippen molar-refractivity contribution in [3.8, 4) is 11.5 Å². The van der Waals surface area contributed by atoms with Crippen LogP contribution in [0, 0.1) is 0 Å². The maximum atomic E-state index is 12.3. The summed E-state index contributed by atoms with van der Waals surface area (Å²) in [6.07, 6.45) is 0. The molecule has 0 aliphatic rings. The van der Waals surface area contributed by atoms with E-state index in [1.807, 2.05) is 0 Å². The molecule has 0 unspecified atom stereocenters. The van der Waals surface area contributed by atoms with E-state index in [4.69, 9.17) is 8.92 Å². The van der Waals surface area contributed by atoms with Crippen molar-refractivity contribution in [2.75, 3.05) is 7.11 Å². The van der Waals surface area contributed by atoms with Crippen molar-refractivity contribution in [3.05, 3.63) is 51.4 Å². The molecule has 0 heterocycles. The lowest BCUT2D eigenvalue weighted by molar-refractivity contribution is 0.390.